The van der Waals surface area contributed by atoms with Gasteiger partial charge in [-0.15, -0.1) is 0 Å². The molecule has 3 nitrogen and oxygen atoms in total. The number of carbonyl (C=O) groups excluding carboxylic acids is 1. The van der Waals surface area contributed by atoms with E-state index in [1.165, 1.54) is 13.2 Å². The van der Waals surface area contributed by atoms with Gasteiger partial charge in [-0.25, -0.2) is 4.79 Å². The van der Waals surface area contributed by atoms with Crippen molar-refractivity contribution in [2.24, 2.45) is 11.7 Å². The highest BCUT2D eigenvalue weighted by Crippen LogP contribution is 2.12. The summed E-state index contributed by atoms with van der Waals surface area (Å²) < 4.78 is 4.52. The molecule has 0 aromatic carbocycles. The van der Waals surface area contributed by atoms with E-state index in [-0.39, 0.29) is 5.97 Å². The minimum atomic E-state index is -0.299. The van der Waals surface area contributed by atoms with Gasteiger partial charge in [0.2, 0.25) is 0 Å². The maximum Gasteiger partial charge on any atom is 0.330 e. The van der Waals surface area contributed by atoms with Gasteiger partial charge in [0.25, 0.3) is 0 Å². The number of esters is 1. The SMILES string of the molecule is COC(=O)/C=C(/CCN)C(C)C. The van der Waals surface area contributed by atoms with Gasteiger partial charge in [0.15, 0.2) is 0 Å². The molecular weight excluding hydrogens is 154 g/mol. The van der Waals surface area contributed by atoms with Crippen molar-refractivity contribution < 1.29 is 9.53 Å². The van der Waals surface area contributed by atoms with Crippen LogP contribution in [0.2, 0.25) is 0 Å². The predicted octanol–water partition coefficient (Wildman–Crippen LogP) is 1.09. The zero-order chi connectivity index (χ0) is 9.56. The quantitative estimate of drug-likeness (QED) is 0.509. The van der Waals surface area contributed by atoms with E-state index >= 15 is 0 Å². The van der Waals surface area contributed by atoms with Gasteiger partial charge in [-0.3, -0.25) is 0 Å². The molecule has 0 spiro atoms. The van der Waals surface area contributed by atoms with Gasteiger partial charge in [0.05, 0.1) is 7.11 Å². The number of carbonyl (C=O) groups is 1. The van der Waals surface area contributed by atoms with Gasteiger partial charge < -0.3 is 10.5 Å². The van der Waals surface area contributed by atoms with Crippen LogP contribution < -0.4 is 5.73 Å². The van der Waals surface area contributed by atoms with Crippen molar-refractivity contribution in [1.82, 2.24) is 0 Å². The molecule has 0 unspecified atom stereocenters. The highest BCUT2D eigenvalue weighted by molar-refractivity contribution is 5.82. The number of ether oxygens (including phenoxy) is 1. The summed E-state index contributed by atoms with van der Waals surface area (Å²) in [4.78, 5) is 10.9. The minimum Gasteiger partial charge on any atom is -0.466 e. The average molecular weight is 171 g/mol. The first-order valence-electron chi connectivity index (χ1n) is 4.10. The second-order valence-corrected chi connectivity index (χ2v) is 2.94. The molecule has 0 saturated heterocycles. The van der Waals surface area contributed by atoms with Crippen LogP contribution in [0.1, 0.15) is 20.3 Å². The summed E-state index contributed by atoms with van der Waals surface area (Å²) >= 11 is 0. The molecule has 0 aliphatic rings. The third-order valence-corrected chi connectivity index (χ3v) is 1.68. The fraction of sp³-hybridized carbons (Fsp3) is 0.667. The van der Waals surface area contributed by atoms with E-state index in [0.717, 1.165) is 12.0 Å². The fourth-order valence-electron chi connectivity index (χ4n) is 0.904. The molecule has 2 N–H and O–H groups in total. The van der Waals surface area contributed by atoms with Crippen molar-refractivity contribution in [3.8, 4) is 0 Å². The smallest absolute Gasteiger partial charge is 0.330 e. The lowest BCUT2D eigenvalue weighted by Crippen LogP contribution is -2.07. The molecule has 0 bridgehead atoms. The Morgan fingerprint density at radius 2 is 2.17 bits per heavy atom. The molecule has 0 amide bonds. The van der Waals surface area contributed by atoms with Crippen molar-refractivity contribution in [3.05, 3.63) is 11.6 Å². The fourth-order valence-corrected chi connectivity index (χ4v) is 0.904. The van der Waals surface area contributed by atoms with Crippen molar-refractivity contribution in [1.29, 1.82) is 0 Å². The average Bonchev–Trinajstić information content (AvgIpc) is 2.03. The van der Waals surface area contributed by atoms with Crippen LogP contribution in [0.5, 0.6) is 0 Å². The molecule has 0 aromatic heterocycles. The molecule has 0 aromatic rings. The second-order valence-electron chi connectivity index (χ2n) is 2.94. The molecule has 0 aliphatic carbocycles. The van der Waals surface area contributed by atoms with Gasteiger partial charge in [-0.05, 0) is 18.9 Å². The van der Waals surface area contributed by atoms with Gasteiger partial charge in [0, 0.05) is 6.08 Å². The van der Waals surface area contributed by atoms with Crippen molar-refractivity contribution in [2.75, 3.05) is 13.7 Å². The molecule has 3 heteroatoms. The Kier molecular flexibility index (Phi) is 5.37. The topological polar surface area (TPSA) is 52.3 Å². The molecule has 12 heavy (non-hydrogen) atoms. The Morgan fingerprint density at radius 3 is 2.50 bits per heavy atom. The van der Waals surface area contributed by atoms with E-state index in [1.54, 1.807) is 0 Å². The molecule has 0 saturated carbocycles. The van der Waals surface area contributed by atoms with E-state index in [1.807, 2.05) is 13.8 Å². The zero-order valence-corrected chi connectivity index (χ0v) is 7.96. The van der Waals surface area contributed by atoms with Gasteiger partial charge in [0.1, 0.15) is 0 Å². The molecule has 0 aliphatic heterocycles. The Balaban J connectivity index is 4.27. The number of methoxy groups -OCH3 is 1. The second kappa shape index (κ2) is 5.77. The van der Waals surface area contributed by atoms with Crippen LogP contribution >= 0.6 is 0 Å². The van der Waals surface area contributed by atoms with Crippen molar-refractivity contribution >= 4 is 5.97 Å². The Bertz CT molecular complexity index is 173. The van der Waals surface area contributed by atoms with Crippen LogP contribution in [0.15, 0.2) is 11.6 Å². The summed E-state index contributed by atoms with van der Waals surface area (Å²) in [6, 6.07) is 0. The van der Waals surface area contributed by atoms with Crippen LogP contribution in [0.25, 0.3) is 0 Å². The van der Waals surface area contributed by atoms with Crippen LogP contribution in [0, 0.1) is 5.92 Å². The predicted molar refractivity (Wildman–Crippen MR) is 48.6 cm³/mol. The zero-order valence-electron chi connectivity index (χ0n) is 7.96. The summed E-state index contributed by atoms with van der Waals surface area (Å²) in [7, 11) is 1.37. The largest absolute Gasteiger partial charge is 0.466 e. The summed E-state index contributed by atoms with van der Waals surface area (Å²) in [6.07, 6.45) is 2.28. The lowest BCUT2D eigenvalue weighted by atomic mass is 10.00. The highest BCUT2D eigenvalue weighted by atomic mass is 16.5. The lowest BCUT2D eigenvalue weighted by Gasteiger charge is -2.08. The van der Waals surface area contributed by atoms with Crippen molar-refractivity contribution in [3.63, 3.8) is 0 Å². The molecule has 70 valence electrons. The summed E-state index contributed by atoms with van der Waals surface area (Å²) in [5, 5.41) is 0. The Labute approximate surface area is 73.6 Å². The maximum absolute atomic E-state index is 10.9. The van der Waals surface area contributed by atoms with E-state index < -0.39 is 0 Å². The number of nitrogens with two attached hydrogens (primary N) is 1. The third kappa shape index (κ3) is 4.13. The molecule has 0 heterocycles. The molecule has 0 radical (unpaired) electrons. The maximum atomic E-state index is 10.9. The molecular formula is C9H17NO2. The molecule has 0 atom stereocenters. The first-order chi connectivity index (χ1) is 5.61. The minimum absolute atomic E-state index is 0.299. The van der Waals surface area contributed by atoms with Crippen LogP contribution in [0.4, 0.5) is 0 Å². The normalized spacial score (nSPS) is 11.9. The van der Waals surface area contributed by atoms with Gasteiger partial charge in [-0.1, -0.05) is 19.4 Å². The first-order valence-corrected chi connectivity index (χ1v) is 4.10. The van der Waals surface area contributed by atoms with E-state index in [9.17, 15) is 4.79 Å². The van der Waals surface area contributed by atoms with E-state index in [4.69, 9.17) is 5.73 Å². The monoisotopic (exact) mass is 171 g/mol. The van der Waals surface area contributed by atoms with Crippen molar-refractivity contribution in [2.45, 2.75) is 20.3 Å². The van der Waals surface area contributed by atoms with E-state index in [2.05, 4.69) is 4.74 Å². The van der Waals surface area contributed by atoms with Gasteiger partial charge in [-0.2, -0.15) is 0 Å². The molecule has 0 rings (SSSR count). The van der Waals surface area contributed by atoms with Crippen LogP contribution in [0.3, 0.4) is 0 Å². The summed E-state index contributed by atoms with van der Waals surface area (Å²) in [5.74, 6) is 0.0554. The van der Waals surface area contributed by atoms with E-state index in [0.29, 0.717) is 12.5 Å². The number of rotatable bonds is 4. The van der Waals surface area contributed by atoms with Crippen LogP contribution in [-0.4, -0.2) is 19.6 Å². The lowest BCUT2D eigenvalue weighted by molar-refractivity contribution is -0.134. The Hall–Kier alpha value is -0.830. The van der Waals surface area contributed by atoms with Crippen LogP contribution in [-0.2, 0) is 9.53 Å². The standard InChI is InChI=1S/C9H17NO2/c1-7(2)8(4-5-10)6-9(11)12-3/h6-7H,4-5,10H2,1-3H3/b8-6-. The summed E-state index contributed by atoms with van der Waals surface area (Å²) in [6.45, 7) is 4.63. The number of hydrogen-bond acceptors (Lipinski definition) is 3. The summed E-state index contributed by atoms with van der Waals surface area (Å²) in [5.41, 5.74) is 6.44. The van der Waals surface area contributed by atoms with Gasteiger partial charge >= 0.3 is 5.97 Å². The first kappa shape index (κ1) is 11.2. The Morgan fingerprint density at radius 1 is 1.58 bits per heavy atom. The highest BCUT2D eigenvalue weighted by Gasteiger charge is 2.04. The number of hydrogen-bond donors (Lipinski definition) is 1. The third-order valence-electron chi connectivity index (χ3n) is 1.68. The molecule has 0 fully saturated rings.